The van der Waals surface area contributed by atoms with Crippen molar-refractivity contribution in [1.82, 2.24) is 5.32 Å². The molecule has 0 aromatic rings. The van der Waals surface area contributed by atoms with E-state index < -0.39 is 11.4 Å². The third kappa shape index (κ3) is 1.78. The maximum atomic E-state index is 11.0. The van der Waals surface area contributed by atoms with Gasteiger partial charge in [0, 0.05) is 6.54 Å². The van der Waals surface area contributed by atoms with E-state index in [1.807, 2.05) is 0 Å². The van der Waals surface area contributed by atoms with Gasteiger partial charge in [-0.25, -0.2) is 0 Å². The van der Waals surface area contributed by atoms with Crippen LogP contribution in [0.4, 0.5) is 0 Å². The lowest BCUT2D eigenvalue weighted by Gasteiger charge is -2.38. The van der Waals surface area contributed by atoms with Gasteiger partial charge in [0.05, 0.1) is 5.41 Å². The van der Waals surface area contributed by atoms with Crippen LogP contribution < -0.4 is 5.32 Å². The quantitative estimate of drug-likeness (QED) is 0.704. The summed E-state index contributed by atoms with van der Waals surface area (Å²) in [4.78, 5) is 11.0. The number of aliphatic carboxylic acids is 1. The van der Waals surface area contributed by atoms with Gasteiger partial charge in [0.2, 0.25) is 0 Å². The van der Waals surface area contributed by atoms with Crippen LogP contribution in [-0.4, -0.2) is 24.2 Å². The van der Waals surface area contributed by atoms with Crippen molar-refractivity contribution in [2.24, 2.45) is 11.3 Å². The Morgan fingerprint density at radius 2 is 2.07 bits per heavy atom. The van der Waals surface area contributed by atoms with Crippen LogP contribution in [0.5, 0.6) is 0 Å². The van der Waals surface area contributed by atoms with Crippen molar-refractivity contribution in [2.75, 3.05) is 13.1 Å². The summed E-state index contributed by atoms with van der Waals surface area (Å²) in [5.41, 5.74) is -0.413. The smallest absolute Gasteiger partial charge is 0.310 e. The molecule has 0 saturated heterocycles. The summed E-state index contributed by atoms with van der Waals surface area (Å²) >= 11 is 0. The van der Waals surface area contributed by atoms with E-state index in [1.54, 1.807) is 0 Å². The number of carbonyl (C=O) groups is 1. The monoisotopic (exact) mass is 197 g/mol. The highest BCUT2D eigenvalue weighted by molar-refractivity contribution is 5.76. The SMILES string of the molecule is O=C(O)C1(CNCC2CCC2)CCC1. The first-order chi connectivity index (χ1) is 6.73. The van der Waals surface area contributed by atoms with E-state index in [0.29, 0.717) is 6.54 Å². The highest BCUT2D eigenvalue weighted by Gasteiger charge is 2.43. The molecule has 2 aliphatic carbocycles. The maximum absolute atomic E-state index is 11.0. The summed E-state index contributed by atoms with van der Waals surface area (Å²) < 4.78 is 0. The van der Waals surface area contributed by atoms with Crippen LogP contribution in [0.25, 0.3) is 0 Å². The van der Waals surface area contributed by atoms with E-state index in [4.69, 9.17) is 5.11 Å². The molecule has 0 amide bonds. The first kappa shape index (κ1) is 9.97. The fourth-order valence-corrected chi connectivity index (χ4v) is 2.28. The lowest BCUT2D eigenvalue weighted by Crippen LogP contribution is -2.47. The number of hydrogen-bond donors (Lipinski definition) is 2. The highest BCUT2D eigenvalue weighted by Crippen LogP contribution is 2.40. The molecule has 80 valence electrons. The second-order valence-electron chi connectivity index (χ2n) is 4.87. The molecule has 0 heterocycles. The zero-order valence-corrected chi connectivity index (χ0v) is 8.59. The van der Waals surface area contributed by atoms with Crippen LogP contribution >= 0.6 is 0 Å². The molecule has 2 aliphatic rings. The zero-order chi connectivity index (χ0) is 10.0. The molecule has 0 bridgehead atoms. The molecule has 0 aliphatic heterocycles. The highest BCUT2D eigenvalue weighted by atomic mass is 16.4. The van der Waals surface area contributed by atoms with Gasteiger partial charge in [0.15, 0.2) is 0 Å². The van der Waals surface area contributed by atoms with Crippen molar-refractivity contribution in [3.63, 3.8) is 0 Å². The molecule has 0 aromatic carbocycles. The van der Waals surface area contributed by atoms with E-state index in [9.17, 15) is 4.79 Å². The Bertz CT molecular complexity index is 219. The molecule has 14 heavy (non-hydrogen) atoms. The average molecular weight is 197 g/mol. The first-order valence-electron chi connectivity index (χ1n) is 5.67. The standard InChI is InChI=1S/C11H19NO2/c13-10(14)11(5-2-6-11)8-12-7-9-3-1-4-9/h9,12H,1-8H2,(H,13,14). The normalized spacial score (nSPS) is 25.1. The summed E-state index contributed by atoms with van der Waals surface area (Å²) in [6, 6.07) is 0. The van der Waals surface area contributed by atoms with Crippen LogP contribution in [0.3, 0.4) is 0 Å². The molecule has 3 heteroatoms. The molecule has 0 radical (unpaired) electrons. The summed E-state index contributed by atoms with van der Waals surface area (Å²) in [6.45, 7) is 1.70. The Morgan fingerprint density at radius 3 is 2.43 bits per heavy atom. The minimum Gasteiger partial charge on any atom is -0.481 e. The van der Waals surface area contributed by atoms with Gasteiger partial charge in [-0.2, -0.15) is 0 Å². The van der Waals surface area contributed by atoms with Crippen LogP contribution in [0.1, 0.15) is 38.5 Å². The van der Waals surface area contributed by atoms with Crippen LogP contribution in [-0.2, 0) is 4.79 Å². The minimum atomic E-state index is -0.607. The van der Waals surface area contributed by atoms with E-state index in [1.165, 1.54) is 19.3 Å². The third-order valence-corrected chi connectivity index (χ3v) is 3.89. The first-order valence-corrected chi connectivity index (χ1v) is 5.67. The summed E-state index contributed by atoms with van der Waals surface area (Å²) in [5.74, 6) is 0.214. The second kappa shape index (κ2) is 3.89. The van der Waals surface area contributed by atoms with Gasteiger partial charge in [0.1, 0.15) is 0 Å². The van der Waals surface area contributed by atoms with Crippen molar-refractivity contribution >= 4 is 5.97 Å². The van der Waals surface area contributed by atoms with Gasteiger partial charge >= 0.3 is 5.97 Å². The van der Waals surface area contributed by atoms with Gasteiger partial charge in [-0.05, 0) is 38.1 Å². The fraction of sp³-hybridized carbons (Fsp3) is 0.909. The molecule has 0 spiro atoms. The van der Waals surface area contributed by atoms with Crippen LogP contribution in [0, 0.1) is 11.3 Å². The summed E-state index contributed by atoms with van der Waals surface area (Å²) in [7, 11) is 0. The number of hydrogen-bond acceptors (Lipinski definition) is 2. The van der Waals surface area contributed by atoms with Crippen molar-refractivity contribution < 1.29 is 9.90 Å². The second-order valence-corrected chi connectivity index (χ2v) is 4.87. The molecule has 0 aromatic heterocycles. The fourth-order valence-electron chi connectivity index (χ4n) is 2.28. The van der Waals surface area contributed by atoms with Crippen molar-refractivity contribution in [3.8, 4) is 0 Å². The van der Waals surface area contributed by atoms with Gasteiger partial charge in [0.25, 0.3) is 0 Å². The number of rotatable bonds is 5. The molecular weight excluding hydrogens is 178 g/mol. The van der Waals surface area contributed by atoms with Crippen molar-refractivity contribution in [2.45, 2.75) is 38.5 Å². The largest absolute Gasteiger partial charge is 0.481 e. The lowest BCUT2D eigenvalue weighted by atomic mass is 9.68. The summed E-state index contributed by atoms with van der Waals surface area (Å²) in [5, 5.41) is 12.4. The van der Waals surface area contributed by atoms with Gasteiger partial charge in [-0.1, -0.05) is 12.8 Å². The number of carboxylic acid groups (broad SMARTS) is 1. The summed E-state index contributed by atoms with van der Waals surface area (Å²) in [6.07, 6.45) is 6.81. The molecule has 2 fully saturated rings. The van der Waals surface area contributed by atoms with E-state index in [2.05, 4.69) is 5.32 Å². The maximum Gasteiger partial charge on any atom is 0.310 e. The minimum absolute atomic E-state index is 0.413. The Kier molecular flexibility index (Phi) is 2.77. The lowest BCUT2D eigenvalue weighted by molar-refractivity contribution is -0.154. The molecule has 2 rings (SSSR count). The molecule has 2 saturated carbocycles. The molecule has 2 N–H and O–H groups in total. The van der Waals surface area contributed by atoms with E-state index in [-0.39, 0.29) is 0 Å². The predicted molar refractivity (Wildman–Crippen MR) is 54.1 cm³/mol. The molecule has 3 nitrogen and oxygen atoms in total. The predicted octanol–water partition coefficient (Wildman–Crippen LogP) is 1.63. The molecule has 0 atom stereocenters. The Morgan fingerprint density at radius 1 is 1.36 bits per heavy atom. The Balaban J connectivity index is 1.69. The third-order valence-electron chi connectivity index (χ3n) is 3.89. The topological polar surface area (TPSA) is 49.3 Å². The van der Waals surface area contributed by atoms with Crippen molar-refractivity contribution in [1.29, 1.82) is 0 Å². The number of carboxylic acids is 1. The van der Waals surface area contributed by atoms with Crippen LogP contribution in [0.15, 0.2) is 0 Å². The average Bonchev–Trinajstić information content (AvgIpc) is 1.97. The van der Waals surface area contributed by atoms with Crippen molar-refractivity contribution in [3.05, 3.63) is 0 Å². The van der Waals surface area contributed by atoms with E-state index in [0.717, 1.165) is 31.7 Å². The number of nitrogens with one attached hydrogen (secondary N) is 1. The van der Waals surface area contributed by atoms with E-state index >= 15 is 0 Å². The van der Waals surface area contributed by atoms with Crippen LogP contribution in [0.2, 0.25) is 0 Å². The molecule has 0 unspecified atom stereocenters. The van der Waals surface area contributed by atoms with Gasteiger partial charge in [-0.15, -0.1) is 0 Å². The Labute approximate surface area is 84.9 Å². The van der Waals surface area contributed by atoms with Gasteiger partial charge < -0.3 is 10.4 Å². The Hall–Kier alpha value is -0.570. The zero-order valence-electron chi connectivity index (χ0n) is 8.59. The molecular formula is C11H19NO2. The van der Waals surface area contributed by atoms with Gasteiger partial charge in [-0.3, -0.25) is 4.79 Å².